The molecule has 0 aliphatic rings. The van der Waals surface area contributed by atoms with Crippen LogP contribution < -0.4 is 14.2 Å². The lowest BCUT2D eigenvalue weighted by molar-refractivity contribution is -0.112. The number of nitrogens with one attached hydrogen (secondary N) is 1. The van der Waals surface area contributed by atoms with E-state index < -0.39 is 16.0 Å². The highest BCUT2D eigenvalue weighted by Gasteiger charge is 2.20. The molecule has 7 nitrogen and oxygen atoms in total. The van der Waals surface area contributed by atoms with Gasteiger partial charge in [-0.1, -0.05) is 35.4 Å². The molecule has 0 atom stereocenters. The van der Waals surface area contributed by atoms with Gasteiger partial charge in [0, 0.05) is 10.7 Å². The van der Waals surface area contributed by atoms with Crippen LogP contribution in [0.2, 0.25) is 5.02 Å². The molecule has 0 aliphatic heterocycles. The molecule has 3 aromatic carbocycles. The Balaban J connectivity index is 1.86. The van der Waals surface area contributed by atoms with Crippen LogP contribution in [0.15, 0.2) is 77.2 Å². The van der Waals surface area contributed by atoms with Crippen molar-refractivity contribution < 1.29 is 22.1 Å². The van der Waals surface area contributed by atoms with Gasteiger partial charge in [0.15, 0.2) is 11.5 Å². The molecule has 1 amide bonds. The first kappa shape index (κ1) is 24.8. The minimum absolute atomic E-state index is 0.00941. The summed E-state index contributed by atoms with van der Waals surface area (Å²) in [6, 6.07) is 19.0. The van der Waals surface area contributed by atoms with Gasteiger partial charge in [0.2, 0.25) is 0 Å². The highest BCUT2D eigenvalue weighted by molar-refractivity contribution is 7.87. The van der Waals surface area contributed by atoms with E-state index in [2.05, 4.69) is 5.32 Å². The molecular weight excluding hydrogens is 476 g/mol. The SMILES string of the molecule is CCOc1cc(/C=C(\C#N)C(=O)Nc2ccc(Cl)cc2)ccc1OS(=O)(=O)c1ccc(C)cc1. The number of aryl methyl sites for hydroxylation is 1. The maximum absolute atomic E-state index is 12.7. The van der Waals surface area contributed by atoms with E-state index in [1.165, 1.54) is 36.4 Å². The molecule has 0 radical (unpaired) electrons. The fraction of sp³-hybridized carbons (Fsp3) is 0.120. The van der Waals surface area contributed by atoms with Crippen molar-refractivity contribution in [2.45, 2.75) is 18.7 Å². The quantitative estimate of drug-likeness (QED) is 0.255. The van der Waals surface area contributed by atoms with Gasteiger partial charge in [-0.05, 0) is 74.0 Å². The zero-order chi connectivity index (χ0) is 24.7. The molecule has 0 aromatic heterocycles. The summed E-state index contributed by atoms with van der Waals surface area (Å²) in [6.45, 7) is 3.83. The summed E-state index contributed by atoms with van der Waals surface area (Å²) in [7, 11) is -4.08. The lowest BCUT2D eigenvalue weighted by atomic mass is 10.1. The Hall–Kier alpha value is -3.80. The monoisotopic (exact) mass is 496 g/mol. The number of nitrogens with zero attached hydrogens (tertiary/aromatic N) is 1. The number of ether oxygens (including phenoxy) is 1. The number of halogens is 1. The van der Waals surface area contributed by atoms with Gasteiger partial charge in [0.25, 0.3) is 5.91 Å². The van der Waals surface area contributed by atoms with Crippen LogP contribution >= 0.6 is 11.6 Å². The van der Waals surface area contributed by atoms with E-state index in [0.29, 0.717) is 16.3 Å². The Morgan fingerprint density at radius 1 is 1.06 bits per heavy atom. The number of rotatable bonds is 8. The lowest BCUT2D eigenvalue weighted by Gasteiger charge is -2.13. The van der Waals surface area contributed by atoms with Gasteiger partial charge in [-0.25, -0.2) is 0 Å². The Morgan fingerprint density at radius 2 is 1.74 bits per heavy atom. The number of anilines is 1. The van der Waals surface area contributed by atoms with Crippen LogP contribution in [0, 0.1) is 18.3 Å². The first-order valence-corrected chi connectivity index (χ1v) is 12.0. The standard InChI is InChI=1S/C25H21ClN2O5S/c1-3-32-24-15-18(14-19(16-27)25(29)28-21-9-7-20(26)8-10-21)6-13-23(24)33-34(30,31)22-11-4-17(2)5-12-22/h4-15H,3H2,1-2H3,(H,28,29)/b19-14+. The third-order valence-electron chi connectivity index (χ3n) is 4.55. The second-order valence-corrected chi connectivity index (χ2v) is 9.10. The minimum Gasteiger partial charge on any atom is -0.490 e. The van der Waals surface area contributed by atoms with Gasteiger partial charge < -0.3 is 14.2 Å². The van der Waals surface area contributed by atoms with Gasteiger partial charge in [-0.3, -0.25) is 4.79 Å². The van der Waals surface area contributed by atoms with Gasteiger partial charge in [-0.15, -0.1) is 0 Å². The molecule has 9 heteroatoms. The summed E-state index contributed by atoms with van der Waals surface area (Å²) in [4.78, 5) is 12.5. The Bertz CT molecular complexity index is 1360. The molecule has 0 bridgehead atoms. The second kappa shape index (κ2) is 10.9. The van der Waals surface area contributed by atoms with Crippen LogP contribution in [0.3, 0.4) is 0 Å². The predicted molar refractivity (Wildman–Crippen MR) is 130 cm³/mol. The summed E-state index contributed by atoms with van der Waals surface area (Å²) in [6.07, 6.45) is 1.37. The molecule has 3 aromatic rings. The van der Waals surface area contributed by atoms with Gasteiger partial charge in [0.05, 0.1) is 6.61 Å². The number of amides is 1. The first-order chi connectivity index (χ1) is 16.2. The third-order valence-corrected chi connectivity index (χ3v) is 6.06. The first-order valence-electron chi connectivity index (χ1n) is 10.2. The highest BCUT2D eigenvalue weighted by atomic mass is 35.5. The molecule has 3 rings (SSSR count). The van der Waals surface area contributed by atoms with Crippen molar-refractivity contribution in [1.29, 1.82) is 5.26 Å². The van der Waals surface area contributed by atoms with Crippen molar-refractivity contribution in [3.05, 3.63) is 88.5 Å². The van der Waals surface area contributed by atoms with Crippen LogP contribution in [0.4, 0.5) is 5.69 Å². The lowest BCUT2D eigenvalue weighted by Crippen LogP contribution is -2.13. The van der Waals surface area contributed by atoms with Crippen LogP contribution in [0.1, 0.15) is 18.1 Å². The maximum atomic E-state index is 12.7. The number of carbonyl (C=O) groups is 1. The zero-order valence-corrected chi connectivity index (χ0v) is 20.0. The van der Waals surface area contributed by atoms with Crippen molar-refractivity contribution >= 4 is 39.4 Å². The molecule has 0 spiro atoms. The van der Waals surface area contributed by atoms with Crippen molar-refractivity contribution in [2.75, 3.05) is 11.9 Å². The summed E-state index contributed by atoms with van der Waals surface area (Å²) < 4.78 is 36.2. The number of nitriles is 1. The third kappa shape index (κ3) is 6.38. The Labute approximate surface area is 203 Å². The fourth-order valence-electron chi connectivity index (χ4n) is 2.87. The Morgan fingerprint density at radius 3 is 2.35 bits per heavy atom. The predicted octanol–water partition coefficient (Wildman–Crippen LogP) is 5.36. The molecule has 0 aliphatic carbocycles. The zero-order valence-electron chi connectivity index (χ0n) is 18.4. The summed E-state index contributed by atoms with van der Waals surface area (Å²) in [5, 5.41) is 12.6. The molecule has 0 unspecified atom stereocenters. The van der Waals surface area contributed by atoms with E-state index in [9.17, 15) is 18.5 Å². The van der Waals surface area contributed by atoms with E-state index in [-0.39, 0.29) is 28.6 Å². The molecule has 0 fully saturated rings. The van der Waals surface area contributed by atoms with Crippen molar-refractivity contribution in [3.8, 4) is 17.6 Å². The molecule has 0 saturated carbocycles. The summed E-state index contributed by atoms with van der Waals surface area (Å²) in [5.74, 6) is -0.462. The van der Waals surface area contributed by atoms with Crippen LogP contribution in [0.5, 0.6) is 11.5 Å². The normalized spacial score (nSPS) is 11.4. The van der Waals surface area contributed by atoms with Crippen molar-refractivity contribution in [1.82, 2.24) is 0 Å². The van der Waals surface area contributed by atoms with Crippen molar-refractivity contribution in [2.24, 2.45) is 0 Å². The summed E-state index contributed by atoms with van der Waals surface area (Å²) in [5.41, 5.74) is 1.69. The van der Waals surface area contributed by atoms with E-state index >= 15 is 0 Å². The molecule has 0 saturated heterocycles. The minimum atomic E-state index is -4.08. The van der Waals surface area contributed by atoms with E-state index in [4.69, 9.17) is 20.5 Å². The van der Waals surface area contributed by atoms with Crippen molar-refractivity contribution in [3.63, 3.8) is 0 Å². The van der Waals surface area contributed by atoms with Gasteiger partial charge in [-0.2, -0.15) is 13.7 Å². The topological polar surface area (TPSA) is 105 Å². The van der Waals surface area contributed by atoms with Crippen LogP contribution in [-0.4, -0.2) is 20.9 Å². The average Bonchev–Trinajstić information content (AvgIpc) is 2.81. The molecule has 34 heavy (non-hydrogen) atoms. The van der Waals surface area contributed by atoms with Crippen LogP contribution in [-0.2, 0) is 14.9 Å². The highest BCUT2D eigenvalue weighted by Crippen LogP contribution is 2.32. The molecular formula is C25H21ClN2O5S. The van der Waals surface area contributed by atoms with E-state index in [0.717, 1.165) is 5.56 Å². The second-order valence-electron chi connectivity index (χ2n) is 7.12. The van der Waals surface area contributed by atoms with E-state index in [1.54, 1.807) is 43.3 Å². The van der Waals surface area contributed by atoms with Crippen LogP contribution in [0.25, 0.3) is 6.08 Å². The summed E-state index contributed by atoms with van der Waals surface area (Å²) >= 11 is 5.84. The van der Waals surface area contributed by atoms with E-state index in [1.807, 2.05) is 13.0 Å². The Kier molecular flexibility index (Phi) is 7.95. The number of carbonyl (C=O) groups excluding carboxylic acids is 1. The smallest absolute Gasteiger partial charge is 0.339 e. The van der Waals surface area contributed by atoms with Gasteiger partial charge in [0.1, 0.15) is 16.5 Å². The molecule has 1 N–H and O–H groups in total. The maximum Gasteiger partial charge on any atom is 0.339 e. The number of benzene rings is 3. The largest absolute Gasteiger partial charge is 0.490 e. The molecule has 174 valence electrons. The fourth-order valence-corrected chi connectivity index (χ4v) is 3.94. The number of hydrogen-bond acceptors (Lipinski definition) is 6. The average molecular weight is 497 g/mol. The molecule has 0 heterocycles. The van der Waals surface area contributed by atoms with Gasteiger partial charge >= 0.3 is 10.1 Å². The number of hydrogen-bond donors (Lipinski definition) is 1.